The highest BCUT2D eigenvalue weighted by atomic mass is 35.5. The first kappa shape index (κ1) is 22.3. The number of rotatable bonds is 6. The summed E-state index contributed by atoms with van der Waals surface area (Å²) in [6, 6.07) is 18.6. The lowest BCUT2D eigenvalue weighted by Gasteiger charge is -2.32. The third kappa shape index (κ3) is 4.33. The van der Waals surface area contributed by atoms with Crippen molar-refractivity contribution >= 4 is 34.6 Å². The van der Waals surface area contributed by atoms with Crippen molar-refractivity contribution in [3.63, 3.8) is 0 Å². The van der Waals surface area contributed by atoms with Crippen LogP contribution in [0.1, 0.15) is 28.7 Å². The fraction of sp³-hybridized carbons (Fsp3) is 0.259. The van der Waals surface area contributed by atoms with E-state index in [-0.39, 0.29) is 0 Å². The van der Waals surface area contributed by atoms with E-state index in [0.717, 1.165) is 47.4 Å². The van der Waals surface area contributed by atoms with Gasteiger partial charge in [-0.3, -0.25) is 15.4 Å². The molecule has 7 heteroatoms. The molecular formula is C27H29ClN6. The maximum absolute atomic E-state index is 6.75. The lowest BCUT2D eigenvalue weighted by molar-refractivity contribution is 0.726. The molecule has 0 atom stereocenters. The van der Waals surface area contributed by atoms with Gasteiger partial charge in [0, 0.05) is 31.5 Å². The Morgan fingerprint density at radius 2 is 1.82 bits per heavy atom. The summed E-state index contributed by atoms with van der Waals surface area (Å²) in [6.45, 7) is 5.77. The Morgan fingerprint density at radius 1 is 1.06 bits per heavy atom. The van der Waals surface area contributed by atoms with E-state index < -0.39 is 0 Å². The number of hydrogen-bond acceptors (Lipinski definition) is 5. The summed E-state index contributed by atoms with van der Waals surface area (Å²) >= 11 is 6.75. The molecule has 0 saturated carbocycles. The minimum absolute atomic E-state index is 0.674. The minimum Gasteiger partial charge on any atom is -0.323 e. The van der Waals surface area contributed by atoms with Gasteiger partial charge < -0.3 is 4.90 Å². The molecule has 3 heterocycles. The van der Waals surface area contributed by atoms with Gasteiger partial charge in [0.05, 0.1) is 22.9 Å². The Bertz CT molecular complexity index is 1220. The summed E-state index contributed by atoms with van der Waals surface area (Å²) in [5.74, 6) is 2.04. The van der Waals surface area contributed by atoms with Crippen LogP contribution in [0.25, 0.3) is 0 Å². The second-order valence-corrected chi connectivity index (χ2v) is 9.24. The van der Waals surface area contributed by atoms with Gasteiger partial charge in [0.1, 0.15) is 0 Å². The van der Waals surface area contributed by atoms with E-state index in [0.29, 0.717) is 6.54 Å². The molecule has 1 N–H and O–H groups in total. The molecule has 0 radical (unpaired) electrons. The largest absolute Gasteiger partial charge is 0.323 e. The maximum atomic E-state index is 6.75. The van der Waals surface area contributed by atoms with Crippen LogP contribution in [0.15, 0.2) is 67.0 Å². The smallest absolute Gasteiger partial charge is 0.160 e. The monoisotopic (exact) mass is 472 g/mol. The Kier molecular flexibility index (Phi) is 6.16. The van der Waals surface area contributed by atoms with Crippen LogP contribution in [-0.4, -0.2) is 21.3 Å². The predicted molar refractivity (Wildman–Crippen MR) is 140 cm³/mol. The second kappa shape index (κ2) is 9.39. The van der Waals surface area contributed by atoms with Crippen LogP contribution in [0.2, 0.25) is 5.02 Å². The van der Waals surface area contributed by atoms with Gasteiger partial charge >= 0.3 is 0 Å². The van der Waals surface area contributed by atoms with E-state index in [1.807, 2.05) is 60.5 Å². The highest BCUT2D eigenvalue weighted by Gasteiger charge is 2.30. The summed E-state index contributed by atoms with van der Waals surface area (Å²) in [6.07, 6.45) is 5.65. The van der Waals surface area contributed by atoms with Crippen LogP contribution < -0.4 is 15.3 Å². The Morgan fingerprint density at radius 3 is 2.56 bits per heavy atom. The Labute approximate surface area is 205 Å². The molecule has 0 amide bonds. The summed E-state index contributed by atoms with van der Waals surface area (Å²) in [5.41, 5.74) is 10.4. The number of halogens is 1. The third-order valence-electron chi connectivity index (χ3n) is 6.21. The van der Waals surface area contributed by atoms with Crippen molar-refractivity contribution in [2.24, 2.45) is 7.05 Å². The zero-order chi connectivity index (χ0) is 23.7. The average molecular weight is 473 g/mol. The number of benzene rings is 2. The van der Waals surface area contributed by atoms with E-state index in [1.165, 1.54) is 22.3 Å². The lowest BCUT2D eigenvalue weighted by Crippen LogP contribution is -2.32. The van der Waals surface area contributed by atoms with Gasteiger partial charge in [0.2, 0.25) is 0 Å². The molecule has 0 bridgehead atoms. The number of para-hydroxylation sites is 1. The second-order valence-electron chi connectivity index (χ2n) is 8.84. The number of hydrogen-bond donors (Lipinski definition) is 1. The molecule has 2 aromatic carbocycles. The van der Waals surface area contributed by atoms with Crippen LogP contribution in [0, 0.1) is 13.8 Å². The van der Waals surface area contributed by atoms with Crippen LogP contribution in [0.5, 0.6) is 0 Å². The van der Waals surface area contributed by atoms with Gasteiger partial charge in [-0.25, -0.2) is 4.68 Å². The van der Waals surface area contributed by atoms with Gasteiger partial charge in [0.15, 0.2) is 11.6 Å². The fourth-order valence-electron chi connectivity index (χ4n) is 4.82. The first-order chi connectivity index (χ1) is 16.5. The van der Waals surface area contributed by atoms with Crippen molar-refractivity contribution in [1.82, 2.24) is 14.8 Å². The summed E-state index contributed by atoms with van der Waals surface area (Å²) in [5, 5.41) is 7.96. The Balaban J connectivity index is 1.58. The van der Waals surface area contributed by atoms with Crippen LogP contribution in [0.4, 0.5) is 23.0 Å². The molecule has 4 aromatic rings. The number of aromatic nitrogens is 3. The normalized spacial score (nSPS) is 13.0. The van der Waals surface area contributed by atoms with Gasteiger partial charge in [-0.1, -0.05) is 35.9 Å². The number of anilines is 4. The van der Waals surface area contributed by atoms with E-state index in [9.17, 15) is 0 Å². The zero-order valence-electron chi connectivity index (χ0n) is 19.8. The molecule has 0 fully saturated rings. The van der Waals surface area contributed by atoms with Crippen molar-refractivity contribution in [1.29, 1.82) is 0 Å². The molecule has 2 aromatic heterocycles. The van der Waals surface area contributed by atoms with Gasteiger partial charge in [-0.05, 0) is 73.7 Å². The summed E-state index contributed by atoms with van der Waals surface area (Å²) in [4.78, 5) is 6.46. The molecule has 0 spiro atoms. The van der Waals surface area contributed by atoms with E-state index in [4.69, 9.17) is 16.7 Å². The van der Waals surface area contributed by atoms with Crippen LogP contribution in [-0.2, 0) is 20.0 Å². The van der Waals surface area contributed by atoms with Crippen molar-refractivity contribution in [3.8, 4) is 0 Å². The first-order valence-corrected chi connectivity index (χ1v) is 12.0. The number of aryl methyl sites for hydroxylation is 3. The third-order valence-corrected chi connectivity index (χ3v) is 6.50. The first-order valence-electron chi connectivity index (χ1n) is 11.6. The van der Waals surface area contributed by atoms with Crippen LogP contribution >= 0.6 is 11.6 Å². The summed E-state index contributed by atoms with van der Waals surface area (Å²) < 4.78 is 1.98. The molecule has 1 aliphatic heterocycles. The molecule has 174 valence electrons. The average Bonchev–Trinajstić information content (AvgIpc) is 3.16. The molecule has 0 saturated heterocycles. The lowest BCUT2D eigenvalue weighted by atomic mass is 10.0. The van der Waals surface area contributed by atoms with Gasteiger partial charge in [-0.15, -0.1) is 0 Å². The molecule has 1 aliphatic rings. The number of fused-ring (bicyclic) bond motifs is 1. The molecule has 5 rings (SSSR count). The topological polar surface area (TPSA) is 49.2 Å². The predicted octanol–water partition coefficient (Wildman–Crippen LogP) is 6.20. The highest BCUT2D eigenvalue weighted by Crippen LogP contribution is 2.42. The van der Waals surface area contributed by atoms with Crippen molar-refractivity contribution in [2.45, 2.75) is 33.2 Å². The molecule has 0 aliphatic carbocycles. The van der Waals surface area contributed by atoms with Gasteiger partial charge in [0.25, 0.3) is 0 Å². The zero-order valence-corrected chi connectivity index (χ0v) is 20.5. The van der Waals surface area contributed by atoms with E-state index in [2.05, 4.69) is 52.4 Å². The fourth-order valence-corrected chi connectivity index (χ4v) is 5.24. The Hall–Kier alpha value is -3.51. The van der Waals surface area contributed by atoms with E-state index >= 15 is 0 Å². The molecule has 34 heavy (non-hydrogen) atoms. The molecule has 6 nitrogen and oxygen atoms in total. The minimum atomic E-state index is 0.674. The number of nitrogens with one attached hydrogen (secondary N) is 1. The molecule has 0 unspecified atom stereocenters. The van der Waals surface area contributed by atoms with Gasteiger partial charge in [-0.2, -0.15) is 5.10 Å². The van der Waals surface area contributed by atoms with Crippen molar-refractivity contribution in [3.05, 3.63) is 94.3 Å². The standard InChI is InChI=1S/C27H29ClN6/c1-19-16-20(2)25(24(28)17-19)33-15-7-10-23-26(33)31-32(3)27(23)34(18-21-11-13-29-14-12-21)30-22-8-5-4-6-9-22/h4-6,8-9,11-14,16-17,30H,7,10,15,18H2,1-3H3. The summed E-state index contributed by atoms with van der Waals surface area (Å²) in [7, 11) is 2.02. The van der Waals surface area contributed by atoms with Crippen LogP contribution in [0.3, 0.4) is 0 Å². The van der Waals surface area contributed by atoms with Crippen molar-refractivity contribution < 1.29 is 0 Å². The number of hydrazine groups is 1. The number of pyridine rings is 1. The SMILES string of the molecule is Cc1cc(C)c(N2CCCc3c2nn(C)c3N(Cc2ccncc2)Nc2ccccc2)c(Cl)c1. The quantitative estimate of drug-likeness (QED) is 0.338. The molecular weight excluding hydrogens is 444 g/mol. The maximum Gasteiger partial charge on any atom is 0.160 e. The van der Waals surface area contributed by atoms with Crippen molar-refractivity contribution in [2.75, 3.05) is 21.9 Å². The highest BCUT2D eigenvalue weighted by molar-refractivity contribution is 6.33. The van der Waals surface area contributed by atoms with E-state index in [1.54, 1.807) is 0 Å². The number of nitrogens with zero attached hydrogens (tertiary/aromatic N) is 5.